The fraction of sp³-hybridized carbons (Fsp3) is 0.500. The standard InChI is InChI=1S/C24H32N6O2/c1-4-26-24(31)27-19-7-5-17(6-8-19)22-28-20-15-25-14-18(13-16(2)3)21(20)23(29-22)30-9-11-32-12-10-30/h5-8,15-16,18H,4,9-14H2,1-3H3,(H2,26,27,31). The van der Waals surface area contributed by atoms with Crippen LogP contribution >= 0.6 is 0 Å². The van der Waals surface area contributed by atoms with Crippen LogP contribution in [0.2, 0.25) is 0 Å². The van der Waals surface area contributed by atoms with Crippen molar-refractivity contribution in [1.82, 2.24) is 15.3 Å². The highest BCUT2D eigenvalue weighted by Gasteiger charge is 2.29. The first-order valence-electron chi connectivity index (χ1n) is 11.4. The SMILES string of the molecule is CCNC(=O)Nc1ccc(-c2nc3c(c(N4CCOCC4)n2)C(CC(C)C)CN=C3)cc1. The molecule has 8 heteroatoms. The fourth-order valence-corrected chi connectivity index (χ4v) is 4.27. The van der Waals surface area contributed by atoms with Crippen molar-refractivity contribution >= 4 is 23.8 Å². The molecule has 2 aliphatic rings. The molecule has 1 atom stereocenters. The number of carbonyl (C=O) groups excluding carboxylic acids is 1. The molecule has 1 aromatic heterocycles. The number of fused-ring (bicyclic) bond motifs is 1. The van der Waals surface area contributed by atoms with E-state index < -0.39 is 0 Å². The summed E-state index contributed by atoms with van der Waals surface area (Å²) in [5, 5.41) is 5.56. The van der Waals surface area contributed by atoms with Gasteiger partial charge in [-0.25, -0.2) is 14.8 Å². The Labute approximate surface area is 189 Å². The third-order valence-electron chi connectivity index (χ3n) is 5.71. The predicted molar refractivity (Wildman–Crippen MR) is 128 cm³/mol. The zero-order chi connectivity index (χ0) is 22.5. The van der Waals surface area contributed by atoms with Crippen LogP contribution in [0.25, 0.3) is 11.4 Å². The smallest absolute Gasteiger partial charge is 0.319 e. The number of ether oxygens (including phenoxy) is 1. The molecule has 1 fully saturated rings. The van der Waals surface area contributed by atoms with Gasteiger partial charge in [-0.15, -0.1) is 0 Å². The molecule has 0 saturated carbocycles. The lowest BCUT2D eigenvalue weighted by Crippen LogP contribution is -2.38. The van der Waals surface area contributed by atoms with Gasteiger partial charge in [0.2, 0.25) is 0 Å². The van der Waals surface area contributed by atoms with Gasteiger partial charge in [0, 0.05) is 55.1 Å². The number of rotatable bonds is 6. The van der Waals surface area contributed by atoms with Crippen LogP contribution < -0.4 is 15.5 Å². The average molecular weight is 437 g/mol. The number of aliphatic imine (C=N–C) groups is 1. The summed E-state index contributed by atoms with van der Waals surface area (Å²) in [7, 11) is 0. The van der Waals surface area contributed by atoms with Crippen molar-refractivity contribution in [3.05, 3.63) is 35.5 Å². The zero-order valence-electron chi connectivity index (χ0n) is 19.1. The van der Waals surface area contributed by atoms with Crippen molar-refractivity contribution in [3.63, 3.8) is 0 Å². The number of amides is 2. The zero-order valence-corrected chi connectivity index (χ0v) is 19.1. The van der Waals surface area contributed by atoms with Gasteiger partial charge in [-0.05, 0) is 43.5 Å². The maximum Gasteiger partial charge on any atom is 0.319 e. The van der Waals surface area contributed by atoms with Crippen LogP contribution in [-0.2, 0) is 4.74 Å². The maximum absolute atomic E-state index is 11.8. The van der Waals surface area contributed by atoms with Gasteiger partial charge in [0.1, 0.15) is 5.82 Å². The summed E-state index contributed by atoms with van der Waals surface area (Å²) in [6, 6.07) is 7.41. The highest BCUT2D eigenvalue weighted by atomic mass is 16.5. The number of anilines is 2. The summed E-state index contributed by atoms with van der Waals surface area (Å²) in [6.07, 6.45) is 2.96. The molecule has 3 heterocycles. The highest BCUT2D eigenvalue weighted by Crippen LogP contribution is 2.36. The number of hydrogen-bond donors (Lipinski definition) is 2. The van der Waals surface area contributed by atoms with Crippen molar-refractivity contribution in [2.45, 2.75) is 33.1 Å². The molecule has 0 aliphatic carbocycles. The average Bonchev–Trinajstić information content (AvgIpc) is 2.79. The molecular formula is C24H32N6O2. The van der Waals surface area contributed by atoms with Crippen LogP contribution in [0.3, 0.4) is 0 Å². The minimum absolute atomic E-state index is 0.215. The van der Waals surface area contributed by atoms with Crippen LogP contribution in [0.5, 0.6) is 0 Å². The van der Waals surface area contributed by atoms with Crippen molar-refractivity contribution in [2.24, 2.45) is 10.9 Å². The second-order valence-electron chi connectivity index (χ2n) is 8.65. The second-order valence-corrected chi connectivity index (χ2v) is 8.65. The summed E-state index contributed by atoms with van der Waals surface area (Å²) in [4.78, 5) is 28.7. The lowest BCUT2D eigenvalue weighted by atomic mass is 9.87. The van der Waals surface area contributed by atoms with Crippen LogP contribution in [0.15, 0.2) is 29.3 Å². The van der Waals surface area contributed by atoms with E-state index in [9.17, 15) is 4.79 Å². The Morgan fingerprint density at radius 1 is 1.19 bits per heavy atom. The van der Waals surface area contributed by atoms with Gasteiger partial charge < -0.3 is 20.3 Å². The number of carbonyl (C=O) groups is 1. The Balaban J connectivity index is 1.69. The van der Waals surface area contributed by atoms with Crippen molar-refractivity contribution in [1.29, 1.82) is 0 Å². The van der Waals surface area contributed by atoms with Crippen LogP contribution in [0.1, 0.15) is 44.4 Å². The molecule has 2 aromatic rings. The number of urea groups is 1. The minimum atomic E-state index is -0.215. The second kappa shape index (κ2) is 10.1. The molecule has 0 radical (unpaired) electrons. The van der Waals surface area contributed by atoms with E-state index in [2.05, 4.69) is 34.4 Å². The van der Waals surface area contributed by atoms with E-state index in [1.807, 2.05) is 37.4 Å². The van der Waals surface area contributed by atoms with Gasteiger partial charge >= 0.3 is 6.03 Å². The summed E-state index contributed by atoms with van der Waals surface area (Å²) in [6.45, 7) is 10.8. The van der Waals surface area contributed by atoms with Gasteiger partial charge in [0.25, 0.3) is 0 Å². The third kappa shape index (κ3) is 5.07. The normalized spacial score (nSPS) is 17.9. The van der Waals surface area contributed by atoms with Gasteiger partial charge in [0.15, 0.2) is 5.82 Å². The largest absolute Gasteiger partial charge is 0.378 e. The van der Waals surface area contributed by atoms with E-state index in [4.69, 9.17) is 14.7 Å². The number of nitrogens with zero attached hydrogens (tertiary/aromatic N) is 4. The molecular weight excluding hydrogens is 404 g/mol. The molecule has 0 spiro atoms. The molecule has 32 heavy (non-hydrogen) atoms. The molecule has 2 amide bonds. The van der Waals surface area contributed by atoms with Crippen LogP contribution in [-0.4, -0.2) is 61.6 Å². The Hall–Kier alpha value is -3.00. The molecule has 170 valence electrons. The van der Waals surface area contributed by atoms with Crippen LogP contribution in [0.4, 0.5) is 16.3 Å². The topological polar surface area (TPSA) is 91.7 Å². The molecule has 8 nitrogen and oxygen atoms in total. The predicted octanol–water partition coefficient (Wildman–Crippen LogP) is 3.68. The molecule has 1 saturated heterocycles. The van der Waals surface area contributed by atoms with Gasteiger partial charge in [-0.1, -0.05) is 13.8 Å². The summed E-state index contributed by atoms with van der Waals surface area (Å²) in [5.41, 5.74) is 3.76. The fourth-order valence-electron chi connectivity index (χ4n) is 4.27. The number of morpholine rings is 1. The van der Waals surface area contributed by atoms with E-state index in [-0.39, 0.29) is 6.03 Å². The maximum atomic E-state index is 11.8. The monoisotopic (exact) mass is 436 g/mol. The molecule has 2 N–H and O–H groups in total. The van der Waals surface area contributed by atoms with E-state index in [1.165, 1.54) is 5.56 Å². The number of hydrogen-bond acceptors (Lipinski definition) is 6. The first kappa shape index (κ1) is 22.2. The van der Waals surface area contributed by atoms with E-state index in [0.29, 0.717) is 37.4 Å². The van der Waals surface area contributed by atoms with Gasteiger partial charge in [0.05, 0.1) is 18.9 Å². The van der Waals surface area contributed by atoms with Crippen molar-refractivity contribution in [2.75, 3.05) is 49.6 Å². The van der Waals surface area contributed by atoms with E-state index in [0.717, 1.165) is 48.8 Å². The third-order valence-corrected chi connectivity index (χ3v) is 5.71. The lowest BCUT2D eigenvalue weighted by Gasteiger charge is -2.33. The molecule has 0 bridgehead atoms. The molecule has 4 rings (SSSR count). The summed E-state index contributed by atoms with van der Waals surface area (Å²) < 4.78 is 5.58. The van der Waals surface area contributed by atoms with Crippen molar-refractivity contribution in [3.8, 4) is 11.4 Å². The number of aromatic nitrogens is 2. The van der Waals surface area contributed by atoms with Gasteiger partial charge in [-0.2, -0.15) is 0 Å². The van der Waals surface area contributed by atoms with Crippen LogP contribution in [0, 0.1) is 5.92 Å². The summed E-state index contributed by atoms with van der Waals surface area (Å²) in [5.74, 6) is 2.58. The minimum Gasteiger partial charge on any atom is -0.378 e. The Morgan fingerprint density at radius 3 is 2.62 bits per heavy atom. The van der Waals surface area contributed by atoms with E-state index in [1.54, 1.807) is 0 Å². The molecule has 2 aliphatic heterocycles. The molecule has 1 aromatic carbocycles. The number of benzene rings is 1. The first-order chi connectivity index (χ1) is 15.5. The number of nitrogens with one attached hydrogen (secondary N) is 2. The van der Waals surface area contributed by atoms with Gasteiger partial charge in [-0.3, -0.25) is 4.99 Å². The Morgan fingerprint density at radius 2 is 1.94 bits per heavy atom. The first-order valence-corrected chi connectivity index (χ1v) is 11.4. The highest BCUT2D eigenvalue weighted by molar-refractivity contribution is 5.89. The Bertz CT molecular complexity index is 967. The van der Waals surface area contributed by atoms with E-state index >= 15 is 0 Å². The summed E-state index contributed by atoms with van der Waals surface area (Å²) >= 11 is 0. The molecule has 1 unspecified atom stereocenters. The lowest BCUT2D eigenvalue weighted by molar-refractivity contribution is 0.122. The quantitative estimate of drug-likeness (QED) is 0.721. The Kier molecular flexibility index (Phi) is 6.99. The van der Waals surface area contributed by atoms with Crippen molar-refractivity contribution < 1.29 is 9.53 Å².